The second kappa shape index (κ2) is 18.9. The number of phenols is 1. The topological polar surface area (TPSA) is 149 Å². The van der Waals surface area contributed by atoms with Crippen molar-refractivity contribution in [2.24, 2.45) is 0 Å². The van der Waals surface area contributed by atoms with Crippen LogP contribution in [0.15, 0.2) is 40.5 Å². The Hall–Kier alpha value is -3.73. The van der Waals surface area contributed by atoms with Crippen LogP contribution >= 0.6 is 22.7 Å². The SMILES string of the molecule is CCC(CC(=O)NCCNCCc1ccc(O)c2[nH]c(=O)sc12)OCCc1ccc(F)c(CN2CCC3(CC2)CN(C(=O)c2csc(C(C)C)n2)CCO3)c1. The Labute approximate surface area is 329 Å². The van der Waals surface area contributed by atoms with Crippen molar-refractivity contribution in [3.05, 3.63) is 78.6 Å². The van der Waals surface area contributed by atoms with Gasteiger partial charge in [-0.1, -0.05) is 50.3 Å². The van der Waals surface area contributed by atoms with Crippen LogP contribution in [0.5, 0.6) is 5.75 Å². The molecule has 1 atom stereocenters. The fourth-order valence-corrected chi connectivity index (χ4v) is 8.96. The quantitative estimate of drug-likeness (QED) is 0.106. The number of halogens is 1. The predicted octanol–water partition coefficient (Wildman–Crippen LogP) is 5.20. The van der Waals surface area contributed by atoms with E-state index in [1.165, 1.54) is 17.4 Å². The van der Waals surface area contributed by atoms with Crippen LogP contribution in [0, 0.1) is 5.82 Å². The number of hydrogen-bond acceptors (Lipinski definition) is 11. The Morgan fingerprint density at radius 2 is 1.93 bits per heavy atom. The maximum Gasteiger partial charge on any atom is 0.305 e. The van der Waals surface area contributed by atoms with Crippen LogP contribution < -0.4 is 15.5 Å². The Morgan fingerprint density at radius 1 is 1.11 bits per heavy atom. The van der Waals surface area contributed by atoms with Crippen molar-refractivity contribution >= 4 is 44.7 Å². The third kappa shape index (κ3) is 10.8. The first-order valence-electron chi connectivity index (χ1n) is 19.3. The second-order valence-corrected chi connectivity index (χ2v) is 16.7. The number of likely N-dealkylation sites (tertiary alicyclic amines) is 1. The molecule has 298 valence electrons. The van der Waals surface area contributed by atoms with Crippen molar-refractivity contribution < 1.29 is 28.6 Å². The highest BCUT2D eigenvalue weighted by atomic mass is 32.1. The van der Waals surface area contributed by atoms with E-state index in [0.717, 1.165) is 58.1 Å². The lowest BCUT2D eigenvalue weighted by Gasteiger charge is -2.47. The molecule has 12 nitrogen and oxygen atoms in total. The van der Waals surface area contributed by atoms with Gasteiger partial charge in [-0.05, 0) is 61.9 Å². The number of carbonyl (C=O) groups excluding carboxylic acids is 2. The summed E-state index contributed by atoms with van der Waals surface area (Å²) in [6.45, 7) is 11.9. The summed E-state index contributed by atoms with van der Waals surface area (Å²) in [5, 5.41) is 19.1. The maximum absolute atomic E-state index is 15.0. The molecule has 2 fully saturated rings. The van der Waals surface area contributed by atoms with E-state index in [1.54, 1.807) is 12.1 Å². The number of hydrogen-bond donors (Lipinski definition) is 4. The van der Waals surface area contributed by atoms with Gasteiger partial charge < -0.3 is 35.1 Å². The lowest BCUT2D eigenvalue weighted by Crippen LogP contribution is -2.58. The van der Waals surface area contributed by atoms with Crippen LogP contribution in [0.25, 0.3) is 10.2 Å². The van der Waals surface area contributed by atoms with E-state index < -0.39 is 0 Å². The standard InChI is InChI=1S/C40H53FN6O6S2/c1-4-30(22-34(49)43-15-14-42-13-9-28-6-8-33(48)35-36(28)55-39(51)45-35)52-19-10-27-5-7-31(41)29(21-27)23-46-16-11-40(12-17-46)25-47(18-20-53-40)38(50)32-24-54-37(44-32)26(2)3/h5-8,21,24,26,30,42,48H,4,9-20,22-23,25H2,1-3H3,(H,43,49)(H,45,51). The third-order valence-electron chi connectivity index (χ3n) is 10.5. The molecular formula is C40H53FN6O6S2. The number of benzene rings is 2. The molecule has 2 aromatic heterocycles. The first-order chi connectivity index (χ1) is 26.5. The monoisotopic (exact) mass is 796 g/mol. The van der Waals surface area contributed by atoms with Gasteiger partial charge in [0.15, 0.2) is 0 Å². The van der Waals surface area contributed by atoms with E-state index in [9.17, 15) is 23.9 Å². The summed E-state index contributed by atoms with van der Waals surface area (Å²) < 4.78 is 28.1. The number of phenolic OH excluding ortho intramolecular Hbond substituents is 1. The lowest BCUT2D eigenvalue weighted by molar-refractivity contribution is -0.128. The predicted molar refractivity (Wildman–Crippen MR) is 214 cm³/mol. The Bertz CT molecular complexity index is 1970. The largest absolute Gasteiger partial charge is 0.506 e. The lowest BCUT2D eigenvalue weighted by atomic mass is 9.89. The highest BCUT2D eigenvalue weighted by molar-refractivity contribution is 7.16. The minimum atomic E-state index is -0.389. The molecule has 1 unspecified atom stereocenters. The van der Waals surface area contributed by atoms with Gasteiger partial charge in [0.2, 0.25) is 5.91 Å². The van der Waals surface area contributed by atoms with Gasteiger partial charge in [0.05, 0.1) is 47.6 Å². The molecule has 2 amide bonds. The average Bonchev–Trinajstić information content (AvgIpc) is 3.84. The summed E-state index contributed by atoms with van der Waals surface area (Å²) in [5.74, 6) is 0.0215. The molecule has 2 aliphatic heterocycles. The molecule has 0 aliphatic carbocycles. The van der Waals surface area contributed by atoms with Crippen LogP contribution in [0.3, 0.4) is 0 Å². The molecule has 1 spiro atoms. The van der Waals surface area contributed by atoms with Gasteiger partial charge in [0, 0.05) is 56.1 Å². The normalized spacial score (nSPS) is 16.6. The Kier molecular flexibility index (Phi) is 14.1. The van der Waals surface area contributed by atoms with E-state index in [1.807, 2.05) is 29.3 Å². The molecule has 15 heteroatoms. The zero-order valence-electron chi connectivity index (χ0n) is 32.0. The fourth-order valence-electron chi connectivity index (χ4n) is 7.25. The number of thiazole rings is 2. The van der Waals surface area contributed by atoms with Gasteiger partial charge in [-0.25, -0.2) is 9.37 Å². The third-order valence-corrected chi connectivity index (χ3v) is 12.6. The molecule has 55 heavy (non-hydrogen) atoms. The summed E-state index contributed by atoms with van der Waals surface area (Å²) >= 11 is 2.62. The molecule has 2 saturated heterocycles. The van der Waals surface area contributed by atoms with Crippen LogP contribution in [-0.4, -0.2) is 107 Å². The molecule has 0 bridgehead atoms. The van der Waals surface area contributed by atoms with Gasteiger partial charge in [-0.15, -0.1) is 11.3 Å². The molecule has 6 rings (SSSR count). The highest BCUT2D eigenvalue weighted by Crippen LogP contribution is 2.32. The van der Waals surface area contributed by atoms with Gasteiger partial charge in [-0.3, -0.25) is 19.3 Å². The first kappa shape index (κ1) is 40.9. The van der Waals surface area contributed by atoms with Crippen molar-refractivity contribution in [2.45, 2.75) is 83.5 Å². The molecule has 2 aliphatic rings. The van der Waals surface area contributed by atoms with Gasteiger partial charge in [0.25, 0.3) is 5.91 Å². The van der Waals surface area contributed by atoms with E-state index in [4.69, 9.17) is 9.47 Å². The summed E-state index contributed by atoms with van der Waals surface area (Å²) in [7, 11) is 0. The second-order valence-electron chi connectivity index (χ2n) is 14.9. The van der Waals surface area contributed by atoms with Crippen LogP contribution in [0.2, 0.25) is 0 Å². The van der Waals surface area contributed by atoms with Crippen molar-refractivity contribution in [3.8, 4) is 5.75 Å². The number of aromatic amines is 1. The number of carbonyl (C=O) groups is 2. The van der Waals surface area contributed by atoms with Crippen LogP contribution in [0.1, 0.15) is 84.6 Å². The molecule has 0 saturated carbocycles. The van der Waals surface area contributed by atoms with E-state index in [-0.39, 0.29) is 52.3 Å². The minimum absolute atomic E-state index is 0.0327. The number of fused-ring (bicyclic) bond motifs is 1. The van der Waals surface area contributed by atoms with Crippen molar-refractivity contribution in [1.29, 1.82) is 0 Å². The Balaban J connectivity index is 0.883. The van der Waals surface area contributed by atoms with Crippen molar-refractivity contribution in [1.82, 2.24) is 30.4 Å². The number of rotatable bonds is 17. The van der Waals surface area contributed by atoms with Crippen LogP contribution in [-0.2, 0) is 33.7 Å². The number of aromatic hydroxyl groups is 1. The molecular weight excluding hydrogens is 744 g/mol. The van der Waals surface area contributed by atoms with E-state index in [0.29, 0.717) is 88.5 Å². The zero-order valence-corrected chi connectivity index (χ0v) is 33.6. The minimum Gasteiger partial charge on any atom is -0.506 e. The van der Waals surface area contributed by atoms with Crippen LogP contribution in [0.4, 0.5) is 4.39 Å². The molecule has 0 radical (unpaired) electrons. The summed E-state index contributed by atoms with van der Waals surface area (Å²) in [5.41, 5.74) is 3.22. The van der Waals surface area contributed by atoms with Gasteiger partial charge in [0.1, 0.15) is 22.8 Å². The fraction of sp³-hybridized carbons (Fsp3) is 0.550. The summed E-state index contributed by atoms with van der Waals surface area (Å²) in [6, 6.07) is 8.67. The number of piperidine rings is 1. The summed E-state index contributed by atoms with van der Waals surface area (Å²) in [4.78, 5) is 48.8. The van der Waals surface area contributed by atoms with Crippen molar-refractivity contribution in [2.75, 3.05) is 59.0 Å². The van der Waals surface area contributed by atoms with Gasteiger partial charge in [-0.2, -0.15) is 0 Å². The molecule has 4 N–H and O–H groups in total. The smallest absolute Gasteiger partial charge is 0.305 e. The maximum atomic E-state index is 15.0. The number of H-pyrrole nitrogens is 1. The molecule has 4 heterocycles. The highest BCUT2D eigenvalue weighted by Gasteiger charge is 2.41. The molecule has 2 aromatic carbocycles. The van der Waals surface area contributed by atoms with Crippen molar-refractivity contribution in [3.63, 3.8) is 0 Å². The number of aromatic nitrogens is 2. The number of amides is 2. The van der Waals surface area contributed by atoms with E-state index in [2.05, 4.69) is 39.3 Å². The molecule has 4 aromatic rings. The Morgan fingerprint density at radius 3 is 2.69 bits per heavy atom. The average molecular weight is 797 g/mol. The number of ether oxygens (including phenoxy) is 2. The number of morpholine rings is 1. The number of nitrogens with one attached hydrogen (secondary N) is 3. The van der Waals surface area contributed by atoms with E-state index >= 15 is 0 Å². The first-order valence-corrected chi connectivity index (χ1v) is 21.0. The number of nitrogens with zero attached hydrogens (tertiary/aromatic N) is 3. The summed E-state index contributed by atoms with van der Waals surface area (Å²) in [6.07, 6.45) is 3.58. The zero-order chi connectivity index (χ0) is 39.0. The van der Waals surface area contributed by atoms with Gasteiger partial charge >= 0.3 is 4.87 Å².